The highest BCUT2D eigenvalue weighted by atomic mass is 16.5. The van der Waals surface area contributed by atoms with Gasteiger partial charge in [-0.1, -0.05) is 6.07 Å². The van der Waals surface area contributed by atoms with Gasteiger partial charge in [-0.25, -0.2) is 0 Å². The number of nitrogens with zero attached hydrogens (tertiary/aromatic N) is 2. The van der Waals surface area contributed by atoms with Crippen LogP contribution in [0.1, 0.15) is 5.56 Å². The molecule has 5 nitrogen and oxygen atoms in total. The molecule has 0 aromatic heterocycles. The van der Waals surface area contributed by atoms with Crippen molar-refractivity contribution in [1.29, 1.82) is 0 Å². The van der Waals surface area contributed by atoms with Crippen molar-refractivity contribution in [2.24, 2.45) is 0 Å². The molecule has 1 fully saturated rings. The Labute approximate surface area is 127 Å². The Balaban J connectivity index is 1.85. The summed E-state index contributed by atoms with van der Waals surface area (Å²) in [4.78, 5) is 4.85. The van der Waals surface area contributed by atoms with Gasteiger partial charge < -0.3 is 19.7 Å². The minimum absolute atomic E-state index is 0.832. The predicted octanol–water partition coefficient (Wildman–Crippen LogP) is 1.04. The Morgan fingerprint density at radius 2 is 1.95 bits per heavy atom. The summed E-state index contributed by atoms with van der Waals surface area (Å²) in [6.07, 6.45) is 0. The zero-order valence-corrected chi connectivity index (χ0v) is 13.4. The largest absolute Gasteiger partial charge is 0.497 e. The summed E-state index contributed by atoms with van der Waals surface area (Å²) in [6, 6.07) is 6.01. The van der Waals surface area contributed by atoms with Crippen LogP contribution < -0.4 is 14.8 Å². The van der Waals surface area contributed by atoms with E-state index in [1.165, 1.54) is 5.56 Å². The molecule has 2 rings (SSSR count). The first-order chi connectivity index (χ1) is 10.2. The van der Waals surface area contributed by atoms with Gasteiger partial charge in [0, 0.05) is 57.4 Å². The second kappa shape index (κ2) is 8.22. The van der Waals surface area contributed by atoms with E-state index in [0.29, 0.717) is 0 Å². The van der Waals surface area contributed by atoms with E-state index in [0.717, 1.165) is 57.3 Å². The number of benzene rings is 1. The third kappa shape index (κ3) is 4.88. The smallest absolute Gasteiger partial charge is 0.127 e. The zero-order chi connectivity index (χ0) is 15.1. The molecule has 5 heteroatoms. The third-order valence-electron chi connectivity index (χ3n) is 3.94. The maximum absolute atomic E-state index is 5.46. The quantitative estimate of drug-likeness (QED) is 0.813. The maximum atomic E-state index is 5.46. The number of rotatable bonds is 7. The van der Waals surface area contributed by atoms with Crippen molar-refractivity contribution in [2.45, 2.75) is 6.54 Å². The van der Waals surface area contributed by atoms with Gasteiger partial charge in [0.1, 0.15) is 11.5 Å². The Bertz CT molecular complexity index is 434. The number of methoxy groups -OCH3 is 2. The van der Waals surface area contributed by atoms with Crippen molar-refractivity contribution in [3.8, 4) is 11.5 Å². The number of hydrogen-bond acceptors (Lipinski definition) is 5. The molecule has 1 aromatic carbocycles. The molecule has 0 radical (unpaired) electrons. The van der Waals surface area contributed by atoms with Gasteiger partial charge in [0.05, 0.1) is 14.2 Å². The summed E-state index contributed by atoms with van der Waals surface area (Å²) in [5.74, 6) is 1.72. The fourth-order valence-corrected chi connectivity index (χ4v) is 2.60. The molecular formula is C16H27N3O2. The van der Waals surface area contributed by atoms with Crippen LogP contribution in [0.25, 0.3) is 0 Å². The van der Waals surface area contributed by atoms with Crippen LogP contribution in [0.2, 0.25) is 0 Å². The van der Waals surface area contributed by atoms with E-state index in [9.17, 15) is 0 Å². The molecule has 0 aliphatic carbocycles. The molecule has 118 valence electrons. The summed E-state index contributed by atoms with van der Waals surface area (Å²) in [5.41, 5.74) is 1.20. The number of likely N-dealkylation sites (N-methyl/N-ethyl adjacent to an activating group) is 1. The molecule has 0 bridgehead atoms. The second-order valence-electron chi connectivity index (χ2n) is 5.51. The fourth-order valence-electron chi connectivity index (χ4n) is 2.60. The van der Waals surface area contributed by atoms with Crippen molar-refractivity contribution < 1.29 is 9.47 Å². The second-order valence-corrected chi connectivity index (χ2v) is 5.51. The van der Waals surface area contributed by atoms with Crippen LogP contribution in [0.15, 0.2) is 18.2 Å². The standard InChI is InChI=1S/C16H27N3O2/c1-18(10-11-19-8-6-17-7-9-19)13-14-4-5-15(20-2)12-16(14)21-3/h4-5,12,17H,6-11,13H2,1-3H3. The maximum Gasteiger partial charge on any atom is 0.127 e. The van der Waals surface area contributed by atoms with Crippen molar-refractivity contribution in [2.75, 3.05) is 60.5 Å². The highest BCUT2D eigenvalue weighted by Gasteiger charge is 2.12. The molecule has 21 heavy (non-hydrogen) atoms. The van der Waals surface area contributed by atoms with Crippen LogP contribution in [-0.2, 0) is 6.54 Å². The predicted molar refractivity (Wildman–Crippen MR) is 85.2 cm³/mol. The number of nitrogens with one attached hydrogen (secondary N) is 1. The molecule has 1 saturated heterocycles. The molecule has 0 spiro atoms. The summed E-state index contributed by atoms with van der Waals surface area (Å²) >= 11 is 0. The molecule has 1 heterocycles. The fraction of sp³-hybridized carbons (Fsp3) is 0.625. The van der Waals surface area contributed by atoms with Gasteiger partial charge in [0.2, 0.25) is 0 Å². The molecule has 1 aromatic rings. The van der Waals surface area contributed by atoms with E-state index in [4.69, 9.17) is 9.47 Å². The van der Waals surface area contributed by atoms with E-state index < -0.39 is 0 Å². The molecule has 0 amide bonds. The highest BCUT2D eigenvalue weighted by Crippen LogP contribution is 2.25. The Kier molecular flexibility index (Phi) is 6.29. The number of hydrogen-bond donors (Lipinski definition) is 1. The summed E-state index contributed by atoms with van der Waals surface area (Å²) in [6.45, 7) is 7.59. The van der Waals surface area contributed by atoms with Crippen molar-refractivity contribution in [1.82, 2.24) is 15.1 Å². The average Bonchev–Trinajstić information content (AvgIpc) is 2.54. The molecule has 1 N–H and O–H groups in total. The Morgan fingerprint density at radius 1 is 1.19 bits per heavy atom. The molecule has 0 atom stereocenters. The van der Waals surface area contributed by atoms with Crippen LogP contribution in [0, 0.1) is 0 Å². The van der Waals surface area contributed by atoms with Gasteiger partial charge >= 0.3 is 0 Å². The molecule has 1 aliphatic heterocycles. The SMILES string of the molecule is COc1ccc(CN(C)CCN2CCNCC2)c(OC)c1. The van der Waals surface area contributed by atoms with Crippen LogP contribution >= 0.6 is 0 Å². The first-order valence-electron chi connectivity index (χ1n) is 7.55. The minimum Gasteiger partial charge on any atom is -0.497 e. The Morgan fingerprint density at radius 3 is 2.62 bits per heavy atom. The van der Waals surface area contributed by atoms with Crippen LogP contribution in [0.5, 0.6) is 11.5 Å². The lowest BCUT2D eigenvalue weighted by Gasteiger charge is -2.29. The van der Waals surface area contributed by atoms with Gasteiger partial charge in [0.25, 0.3) is 0 Å². The number of ether oxygens (including phenoxy) is 2. The van der Waals surface area contributed by atoms with Crippen molar-refractivity contribution in [3.63, 3.8) is 0 Å². The van der Waals surface area contributed by atoms with Gasteiger partial charge in [-0.05, 0) is 13.1 Å². The summed E-state index contributed by atoms with van der Waals surface area (Å²) < 4.78 is 10.7. The normalized spacial score (nSPS) is 16.2. The monoisotopic (exact) mass is 293 g/mol. The minimum atomic E-state index is 0.832. The van der Waals surface area contributed by atoms with Crippen molar-refractivity contribution >= 4 is 0 Å². The van der Waals surface area contributed by atoms with Gasteiger partial charge in [-0.3, -0.25) is 4.90 Å². The summed E-state index contributed by atoms with van der Waals surface area (Å²) in [5, 5.41) is 3.38. The van der Waals surface area contributed by atoms with Crippen molar-refractivity contribution in [3.05, 3.63) is 23.8 Å². The van der Waals surface area contributed by atoms with Crippen LogP contribution in [0.4, 0.5) is 0 Å². The first kappa shape index (κ1) is 16.1. The van der Waals surface area contributed by atoms with E-state index in [1.807, 2.05) is 12.1 Å². The zero-order valence-electron chi connectivity index (χ0n) is 13.4. The lowest BCUT2D eigenvalue weighted by molar-refractivity contribution is 0.201. The van der Waals surface area contributed by atoms with Gasteiger partial charge in [-0.15, -0.1) is 0 Å². The first-order valence-corrected chi connectivity index (χ1v) is 7.55. The summed E-state index contributed by atoms with van der Waals surface area (Å²) in [7, 11) is 5.54. The molecule has 0 unspecified atom stereocenters. The van der Waals surface area contributed by atoms with E-state index in [-0.39, 0.29) is 0 Å². The topological polar surface area (TPSA) is 37.0 Å². The highest BCUT2D eigenvalue weighted by molar-refractivity contribution is 5.40. The van der Waals surface area contributed by atoms with Gasteiger partial charge in [0.15, 0.2) is 0 Å². The lowest BCUT2D eigenvalue weighted by atomic mass is 10.2. The average molecular weight is 293 g/mol. The molecule has 1 aliphatic rings. The lowest BCUT2D eigenvalue weighted by Crippen LogP contribution is -2.45. The van der Waals surface area contributed by atoms with Crippen LogP contribution in [-0.4, -0.2) is 70.3 Å². The third-order valence-corrected chi connectivity index (χ3v) is 3.94. The van der Waals surface area contributed by atoms with E-state index in [1.54, 1.807) is 14.2 Å². The Hall–Kier alpha value is -1.30. The van der Waals surface area contributed by atoms with Gasteiger partial charge in [-0.2, -0.15) is 0 Å². The molecule has 0 saturated carbocycles. The molecular weight excluding hydrogens is 266 g/mol. The van der Waals surface area contributed by atoms with E-state index >= 15 is 0 Å². The number of piperazine rings is 1. The van der Waals surface area contributed by atoms with E-state index in [2.05, 4.69) is 28.2 Å². The van der Waals surface area contributed by atoms with Crippen LogP contribution in [0.3, 0.4) is 0 Å².